The molecule has 1 aromatic carbocycles. The number of fused-ring (bicyclic) bond motifs is 1. The van der Waals surface area contributed by atoms with Crippen molar-refractivity contribution in [3.05, 3.63) is 41.9 Å². The summed E-state index contributed by atoms with van der Waals surface area (Å²) in [6.07, 6.45) is 3.49. The third kappa shape index (κ3) is 3.94. The van der Waals surface area contributed by atoms with Gasteiger partial charge in [0.25, 0.3) is 0 Å². The van der Waals surface area contributed by atoms with Crippen LogP contribution in [0.2, 0.25) is 0 Å². The summed E-state index contributed by atoms with van der Waals surface area (Å²) in [5.41, 5.74) is 2.22. The molecule has 0 saturated carbocycles. The molecule has 6 heteroatoms. The second-order valence-corrected chi connectivity index (χ2v) is 5.71. The van der Waals surface area contributed by atoms with E-state index in [1.807, 2.05) is 24.3 Å². The van der Waals surface area contributed by atoms with E-state index in [-0.39, 0.29) is 0 Å². The van der Waals surface area contributed by atoms with Gasteiger partial charge in [-0.05, 0) is 30.7 Å². The summed E-state index contributed by atoms with van der Waals surface area (Å²) in [4.78, 5) is 11.0. The maximum absolute atomic E-state index is 5.78. The highest BCUT2D eigenvalue weighted by Crippen LogP contribution is 2.24. The van der Waals surface area contributed by atoms with Gasteiger partial charge in [-0.25, -0.2) is 9.97 Å². The van der Waals surface area contributed by atoms with Crippen molar-refractivity contribution in [2.75, 3.05) is 33.9 Å². The van der Waals surface area contributed by atoms with Crippen molar-refractivity contribution in [2.45, 2.75) is 19.4 Å². The molecule has 0 aliphatic carbocycles. The zero-order chi connectivity index (χ0) is 16.8. The molecule has 1 aromatic heterocycles. The highest BCUT2D eigenvalue weighted by atomic mass is 16.5. The van der Waals surface area contributed by atoms with Crippen molar-refractivity contribution >= 4 is 0 Å². The van der Waals surface area contributed by atoms with Crippen LogP contribution in [0.4, 0.5) is 0 Å². The average molecular weight is 329 g/mol. The van der Waals surface area contributed by atoms with E-state index < -0.39 is 0 Å². The fourth-order valence-corrected chi connectivity index (χ4v) is 2.89. The maximum Gasteiger partial charge on any atom is 0.220 e. The number of hydrogen-bond donors (Lipinski definition) is 0. The Kier molecular flexibility index (Phi) is 5.48. The Labute approximate surface area is 142 Å². The SMILES string of the molecule is COc1ccc(OCCCN2CCc3ncnc(OC)c3C2)cc1. The summed E-state index contributed by atoms with van der Waals surface area (Å²) in [6.45, 7) is 3.52. The molecule has 3 rings (SSSR count). The summed E-state index contributed by atoms with van der Waals surface area (Å²) in [5, 5.41) is 0. The maximum atomic E-state index is 5.78. The summed E-state index contributed by atoms with van der Waals surface area (Å²) >= 11 is 0. The van der Waals surface area contributed by atoms with Crippen LogP contribution in [0.15, 0.2) is 30.6 Å². The first-order chi connectivity index (χ1) is 11.8. The standard InChI is InChI=1S/C18H23N3O3/c1-22-14-4-6-15(7-5-14)24-11-3-9-21-10-8-17-16(12-21)18(23-2)20-13-19-17/h4-7,13H,3,8-12H2,1-2H3. The van der Waals surface area contributed by atoms with Crippen LogP contribution in [0, 0.1) is 0 Å². The lowest BCUT2D eigenvalue weighted by molar-refractivity contribution is 0.215. The van der Waals surface area contributed by atoms with Gasteiger partial charge in [-0.15, -0.1) is 0 Å². The molecular weight excluding hydrogens is 306 g/mol. The summed E-state index contributed by atoms with van der Waals surface area (Å²) in [7, 11) is 3.32. The fraction of sp³-hybridized carbons (Fsp3) is 0.444. The molecule has 1 aliphatic rings. The van der Waals surface area contributed by atoms with Gasteiger partial charge in [0.15, 0.2) is 0 Å². The van der Waals surface area contributed by atoms with Gasteiger partial charge in [0.05, 0.1) is 26.5 Å². The minimum absolute atomic E-state index is 0.693. The molecule has 0 saturated heterocycles. The molecule has 0 fully saturated rings. The van der Waals surface area contributed by atoms with Crippen LogP contribution in [0.1, 0.15) is 17.7 Å². The van der Waals surface area contributed by atoms with Crippen molar-refractivity contribution in [2.24, 2.45) is 0 Å². The van der Waals surface area contributed by atoms with Crippen molar-refractivity contribution in [3.8, 4) is 17.4 Å². The van der Waals surface area contributed by atoms with E-state index in [4.69, 9.17) is 14.2 Å². The highest BCUT2D eigenvalue weighted by Gasteiger charge is 2.21. The Bertz CT molecular complexity index is 647. The smallest absolute Gasteiger partial charge is 0.220 e. The van der Waals surface area contributed by atoms with Crippen LogP contribution in [-0.2, 0) is 13.0 Å². The Morgan fingerprint density at radius 2 is 1.83 bits per heavy atom. The van der Waals surface area contributed by atoms with Gasteiger partial charge in [0.1, 0.15) is 17.8 Å². The van der Waals surface area contributed by atoms with Gasteiger partial charge in [-0.3, -0.25) is 4.90 Å². The number of nitrogens with zero attached hydrogens (tertiary/aromatic N) is 3. The molecule has 0 spiro atoms. The second kappa shape index (κ2) is 7.97. The lowest BCUT2D eigenvalue weighted by Gasteiger charge is -2.28. The van der Waals surface area contributed by atoms with E-state index in [9.17, 15) is 0 Å². The van der Waals surface area contributed by atoms with Crippen LogP contribution in [0.25, 0.3) is 0 Å². The number of rotatable bonds is 7. The number of ether oxygens (including phenoxy) is 3. The molecule has 0 atom stereocenters. The Morgan fingerprint density at radius 3 is 2.58 bits per heavy atom. The van der Waals surface area contributed by atoms with E-state index in [0.717, 1.165) is 55.2 Å². The molecule has 0 bridgehead atoms. The zero-order valence-electron chi connectivity index (χ0n) is 14.2. The molecule has 0 radical (unpaired) electrons. The molecule has 0 amide bonds. The minimum atomic E-state index is 0.693. The van der Waals surface area contributed by atoms with Crippen LogP contribution in [0.5, 0.6) is 17.4 Å². The average Bonchev–Trinajstić information content (AvgIpc) is 2.65. The summed E-state index contributed by atoms with van der Waals surface area (Å²) in [6, 6.07) is 7.67. The van der Waals surface area contributed by atoms with Gasteiger partial charge in [0, 0.05) is 31.6 Å². The summed E-state index contributed by atoms with van der Waals surface area (Å²) < 4.78 is 16.3. The third-order valence-electron chi connectivity index (χ3n) is 4.18. The van der Waals surface area contributed by atoms with Crippen molar-refractivity contribution in [1.29, 1.82) is 0 Å². The lowest BCUT2D eigenvalue weighted by atomic mass is 10.1. The highest BCUT2D eigenvalue weighted by molar-refractivity contribution is 5.32. The van der Waals surface area contributed by atoms with Crippen LogP contribution >= 0.6 is 0 Å². The number of hydrogen-bond acceptors (Lipinski definition) is 6. The zero-order valence-corrected chi connectivity index (χ0v) is 14.2. The number of aromatic nitrogens is 2. The van der Waals surface area contributed by atoms with Crippen LogP contribution in [-0.4, -0.2) is 48.8 Å². The predicted molar refractivity (Wildman–Crippen MR) is 90.7 cm³/mol. The molecule has 128 valence electrons. The predicted octanol–water partition coefficient (Wildman–Crippen LogP) is 2.32. The topological polar surface area (TPSA) is 56.7 Å². The molecule has 6 nitrogen and oxygen atoms in total. The van der Waals surface area contributed by atoms with E-state index >= 15 is 0 Å². The quantitative estimate of drug-likeness (QED) is 0.727. The monoisotopic (exact) mass is 329 g/mol. The largest absolute Gasteiger partial charge is 0.497 e. The number of benzene rings is 1. The van der Waals surface area contributed by atoms with Gasteiger partial charge >= 0.3 is 0 Å². The first-order valence-corrected chi connectivity index (χ1v) is 8.16. The van der Waals surface area contributed by atoms with Crippen LogP contribution < -0.4 is 14.2 Å². The first kappa shape index (κ1) is 16.5. The minimum Gasteiger partial charge on any atom is -0.497 e. The van der Waals surface area contributed by atoms with Gasteiger partial charge in [0.2, 0.25) is 5.88 Å². The first-order valence-electron chi connectivity index (χ1n) is 8.16. The van der Waals surface area contributed by atoms with Gasteiger partial charge in [-0.1, -0.05) is 0 Å². The van der Waals surface area contributed by atoms with E-state index in [1.54, 1.807) is 20.5 Å². The van der Waals surface area contributed by atoms with Crippen molar-refractivity contribution < 1.29 is 14.2 Å². The molecule has 24 heavy (non-hydrogen) atoms. The van der Waals surface area contributed by atoms with Crippen LogP contribution in [0.3, 0.4) is 0 Å². The lowest BCUT2D eigenvalue weighted by Crippen LogP contribution is -2.33. The molecule has 1 aliphatic heterocycles. The van der Waals surface area contributed by atoms with E-state index in [2.05, 4.69) is 14.9 Å². The Morgan fingerprint density at radius 1 is 1.04 bits per heavy atom. The Hall–Kier alpha value is -2.34. The molecule has 2 aromatic rings. The Balaban J connectivity index is 1.45. The van der Waals surface area contributed by atoms with Crippen molar-refractivity contribution in [3.63, 3.8) is 0 Å². The summed E-state index contributed by atoms with van der Waals surface area (Å²) in [5.74, 6) is 2.40. The molecule has 2 heterocycles. The third-order valence-corrected chi connectivity index (χ3v) is 4.18. The fourth-order valence-electron chi connectivity index (χ4n) is 2.89. The molecule has 0 N–H and O–H groups in total. The molecular formula is C18H23N3O3. The normalized spacial score (nSPS) is 14.1. The van der Waals surface area contributed by atoms with E-state index in [1.165, 1.54) is 0 Å². The van der Waals surface area contributed by atoms with Crippen molar-refractivity contribution in [1.82, 2.24) is 14.9 Å². The van der Waals surface area contributed by atoms with E-state index in [0.29, 0.717) is 12.5 Å². The van der Waals surface area contributed by atoms with Gasteiger partial charge in [-0.2, -0.15) is 0 Å². The van der Waals surface area contributed by atoms with Gasteiger partial charge < -0.3 is 14.2 Å². The molecule has 0 unspecified atom stereocenters. The number of methoxy groups -OCH3 is 2. The second-order valence-electron chi connectivity index (χ2n) is 5.71.